The Balaban J connectivity index is 1.87. The zero-order valence-corrected chi connectivity index (χ0v) is 15.4. The van der Waals surface area contributed by atoms with E-state index in [4.69, 9.17) is 0 Å². The van der Waals surface area contributed by atoms with E-state index in [1.165, 1.54) is 0 Å². The monoisotopic (exact) mass is 347 g/mol. The third-order valence-corrected chi connectivity index (χ3v) is 4.08. The first-order chi connectivity index (χ1) is 12.1. The van der Waals surface area contributed by atoms with Gasteiger partial charge < -0.3 is 20.4 Å². The molecule has 2 heterocycles. The number of amides is 1. The van der Waals surface area contributed by atoms with Gasteiger partial charge in [0.15, 0.2) is 5.96 Å². The molecule has 25 heavy (non-hydrogen) atoms. The van der Waals surface area contributed by atoms with Gasteiger partial charge in [0.25, 0.3) is 0 Å². The van der Waals surface area contributed by atoms with Gasteiger partial charge in [-0.05, 0) is 25.3 Å². The summed E-state index contributed by atoms with van der Waals surface area (Å²) in [5.74, 6) is 1.50. The van der Waals surface area contributed by atoms with Crippen LogP contribution in [0.1, 0.15) is 26.2 Å². The molecule has 1 saturated heterocycles. The van der Waals surface area contributed by atoms with Crippen molar-refractivity contribution in [3.63, 3.8) is 0 Å². The molecule has 1 fully saturated rings. The third-order valence-electron chi connectivity index (χ3n) is 4.08. The fourth-order valence-electron chi connectivity index (χ4n) is 2.56. The molecule has 8 nitrogen and oxygen atoms in total. The number of rotatable bonds is 6. The second-order valence-corrected chi connectivity index (χ2v) is 6.33. The quantitative estimate of drug-likeness (QED) is 0.575. The van der Waals surface area contributed by atoms with Gasteiger partial charge in [0.1, 0.15) is 6.54 Å². The van der Waals surface area contributed by atoms with Crippen molar-refractivity contribution in [1.82, 2.24) is 25.5 Å². The Morgan fingerprint density at radius 2 is 2.00 bits per heavy atom. The molecule has 1 aromatic rings. The predicted octanol–water partition coefficient (Wildman–Crippen LogP) is 0.479. The Morgan fingerprint density at radius 3 is 2.60 bits per heavy atom. The number of nitrogens with zero attached hydrogens (tertiary/aromatic N) is 5. The number of nitrogens with one attached hydrogen (secondary N) is 2. The van der Waals surface area contributed by atoms with E-state index in [-0.39, 0.29) is 12.5 Å². The number of likely N-dealkylation sites (N-methyl/N-ethyl adjacent to an activating group) is 1. The highest BCUT2D eigenvalue weighted by atomic mass is 16.2. The van der Waals surface area contributed by atoms with E-state index < -0.39 is 0 Å². The van der Waals surface area contributed by atoms with Crippen molar-refractivity contribution in [3.8, 4) is 0 Å². The fourth-order valence-corrected chi connectivity index (χ4v) is 2.56. The Bertz CT molecular complexity index is 553. The molecule has 1 aliphatic rings. The largest absolute Gasteiger partial charge is 0.356 e. The van der Waals surface area contributed by atoms with Crippen LogP contribution in [0.25, 0.3) is 0 Å². The summed E-state index contributed by atoms with van der Waals surface area (Å²) in [4.78, 5) is 28.5. The van der Waals surface area contributed by atoms with Gasteiger partial charge in [0, 0.05) is 52.2 Å². The molecule has 0 unspecified atom stereocenters. The molecule has 138 valence electrons. The molecule has 0 atom stereocenters. The molecule has 0 bridgehead atoms. The average molecular weight is 347 g/mol. The SMILES string of the molecule is CCCNC(=NCC(=O)N(C)C)NC1CCN(c2ncccn2)CC1. The average Bonchev–Trinajstić information content (AvgIpc) is 2.64. The van der Waals surface area contributed by atoms with Crippen LogP contribution in [0.2, 0.25) is 0 Å². The van der Waals surface area contributed by atoms with Crippen LogP contribution < -0.4 is 15.5 Å². The lowest BCUT2D eigenvalue weighted by atomic mass is 10.1. The van der Waals surface area contributed by atoms with E-state index in [1.807, 2.05) is 6.07 Å². The molecule has 0 saturated carbocycles. The van der Waals surface area contributed by atoms with Crippen molar-refractivity contribution in [2.24, 2.45) is 4.99 Å². The normalized spacial score (nSPS) is 15.8. The fraction of sp³-hybridized carbons (Fsp3) is 0.647. The number of hydrogen-bond donors (Lipinski definition) is 2. The van der Waals surface area contributed by atoms with Gasteiger partial charge in [-0.15, -0.1) is 0 Å². The lowest BCUT2D eigenvalue weighted by Crippen LogP contribution is -2.49. The second-order valence-electron chi connectivity index (χ2n) is 6.33. The van der Waals surface area contributed by atoms with E-state index >= 15 is 0 Å². The van der Waals surface area contributed by atoms with Crippen molar-refractivity contribution in [2.45, 2.75) is 32.2 Å². The summed E-state index contributed by atoms with van der Waals surface area (Å²) in [5.41, 5.74) is 0. The number of carbonyl (C=O) groups is 1. The van der Waals surface area contributed by atoms with Gasteiger partial charge >= 0.3 is 0 Å². The van der Waals surface area contributed by atoms with Crippen LogP contribution in [0.15, 0.2) is 23.5 Å². The van der Waals surface area contributed by atoms with E-state index in [1.54, 1.807) is 31.4 Å². The Labute approximate surface area is 149 Å². The zero-order chi connectivity index (χ0) is 18.1. The van der Waals surface area contributed by atoms with Crippen LogP contribution >= 0.6 is 0 Å². The van der Waals surface area contributed by atoms with Crippen LogP contribution in [0.3, 0.4) is 0 Å². The summed E-state index contributed by atoms with van der Waals surface area (Å²) < 4.78 is 0. The van der Waals surface area contributed by atoms with Crippen molar-refractivity contribution < 1.29 is 4.79 Å². The first-order valence-electron chi connectivity index (χ1n) is 8.87. The standard InChI is InChI=1S/C17H29N7O/c1-4-8-18-16(21-13-15(25)23(2)3)22-14-6-11-24(12-7-14)17-19-9-5-10-20-17/h5,9-10,14H,4,6-8,11-13H2,1-3H3,(H2,18,21,22). The highest BCUT2D eigenvalue weighted by molar-refractivity contribution is 5.84. The first-order valence-corrected chi connectivity index (χ1v) is 8.87. The van der Waals surface area contributed by atoms with Gasteiger partial charge in [-0.25, -0.2) is 15.0 Å². The van der Waals surface area contributed by atoms with E-state index in [9.17, 15) is 4.79 Å². The maximum atomic E-state index is 11.8. The minimum Gasteiger partial charge on any atom is -0.356 e. The molecule has 2 rings (SSSR count). The summed E-state index contributed by atoms with van der Waals surface area (Å²) in [6.07, 6.45) is 6.51. The number of hydrogen-bond acceptors (Lipinski definition) is 5. The number of aliphatic imine (C=N–C) groups is 1. The van der Waals surface area contributed by atoms with Gasteiger partial charge in [-0.1, -0.05) is 6.92 Å². The maximum Gasteiger partial charge on any atom is 0.243 e. The second kappa shape index (κ2) is 9.80. The van der Waals surface area contributed by atoms with Crippen molar-refractivity contribution >= 4 is 17.8 Å². The molecule has 1 aromatic heterocycles. The highest BCUT2D eigenvalue weighted by Crippen LogP contribution is 2.15. The topological polar surface area (TPSA) is 85.8 Å². The first kappa shape index (κ1) is 19.0. The molecular formula is C17H29N7O. The van der Waals surface area contributed by atoms with E-state index in [2.05, 4.69) is 37.4 Å². The summed E-state index contributed by atoms with van der Waals surface area (Å²) in [7, 11) is 3.48. The maximum absolute atomic E-state index is 11.8. The van der Waals surface area contributed by atoms with Crippen LogP contribution in [-0.4, -0.2) is 73.1 Å². The lowest BCUT2D eigenvalue weighted by Gasteiger charge is -2.33. The van der Waals surface area contributed by atoms with Crippen LogP contribution in [0.4, 0.5) is 5.95 Å². The molecule has 2 N–H and O–H groups in total. The van der Waals surface area contributed by atoms with Crippen molar-refractivity contribution in [2.75, 3.05) is 45.2 Å². The van der Waals surface area contributed by atoms with Crippen molar-refractivity contribution in [3.05, 3.63) is 18.5 Å². The molecule has 8 heteroatoms. The predicted molar refractivity (Wildman–Crippen MR) is 99.7 cm³/mol. The molecule has 1 amide bonds. The highest BCUT2D eigenvalue weighted by Gasteiger charge is 2.21. The minimum absolute atomic E-state index is 0.00589. The minimum atomic E-state index is -0.00589. The molecule has 0 spiro atoms. The van der Waals surface area contributed by atoms with Crippen molar-refractivity contribution in [1.29, 1.82) is 0 Å². The van der Waals surface area contributed by atoms with Crippen LogP contribution in [-0.2, 0) is 4.79 Å². The number of anilines is 1. The van der Waals surface area contributed by atoms with Crippen LogP contribution in [0.5, 0.6) is 0 Å². The number of aromatic nitrogens is 2. The zero-order valence-electron chi connectivity index (χ0n) is 15.4. The van der Waals surface area contributed by atoms with Crippen LogP contribution in [0, 0.1) is 0 Å². The number of guanidine groups is 1. The molecule has 1 aliphatic heterocycles. The van der Waals surface area contributed by atoms with E-state index in [0.717, 1.165) is 44.8 Å². The Hall–Kier alpha value is -2.38. The Morgan fingerprint density at radius 1 is 1.32 bits per heavy atom. The van der Waals surface area contributed by atoms with E-state index in [0.29, 0.717) is 12.0 Å². The summed E-state index contributed by atoms with van der Waals surface area (Å²) in [5, 5.41) is 6.74. The summed E-state index contributed by atoms with van der Waals surface area (Å²) >= 11 is 0. The number of piperidine rings is 1. The van der Waals surface area contributed by atoms with Gasteiger partial charge in [-0.2, -0.15) is 0 Å². The van der Waals surface area contributed by atoms with Gasteiger partial charge in [0.2, 0.25) is 11.9 Å². The molecular weight excluding hydrogens is 318 g/mol. The molecule has 0 aliphatic carbocycles. The lowest BCUT2D eigenvalue weighted by molar-refractivity contribution is -0.127. The van der Waals surface area contributed by atoms with Gasteiger partial charge in [-0.3, -0.25) is 4.79 Å². The summed E-state index contributed by atoms with van der Waals surface area (Å²) in [6, 6.07) is 2.16. The molecule has 0 aromatic carbocycles. The Kier molecular flexibility index (Phi) is 7.43. The summed E-state index contributed by atoms with van der Waals surface area (Å²) in [6.45, 7) is 4.90. The smallest absolute Gasteiger partial charge is 0.243 e. The third kappa shape index (κ3) is 6.21. The van der Waals surface area contributed by atoms with Gasteiger partial charge in [0.05, 0.1) is 0 Å². The molecule has 0 radical (unpaired) electrons. The number of carbonyl (C=O) groups excluding carboxylic acids is 1.